The van der Waals surface area contributed by atoms with Gasteiger partial charge in [-0.3, -0.25) is 9.52 Å². The predicted molar refractivity (Wildman–Crippen MR) is 153 cm³/mol. The molecule has 0 bridgehead atoms. The molecular weight excluding hydrogens is 533 g/mol. The van der Waals surface area contributed by atoms with Crippen LogP contribution in [0.1, 0.15) is 51.5 Å². The highest BCUT2D eigenvalue weighted by molar-refractivity contribution is 7.92. The van der Waals surface area contributed by atoms with E-state index in [9.17, 15) is 22.7 Å². The zero-order chi connectivity index (χ0) is 28.9. The molecule has 2 aliphatic rings. The smallest absolute Gasteiger partial charge is 0.261 e. The first-order valence-electron chi connectivity index (χ1n) is 14.2. The zero-order valence-electron chi connectivity index (χ0n) is 23.7. The van der Waals surface area contributed by atoms with Crippen LogP contribution in [0.25, 0.3) is 0 Å². The summed E-state index contributed by atoms with van der Waals surface area (Å²) in [6, 6.07) is 9.16. The Morgan fingerprint density at radius 3 is 2.50 bits per heavy atom. The molecule has 40 heavy (non-hydrogen) atoms. The number of carbonyl (C=O) groups is 1. The zero-order valence-corrected chi connectivity index (χ0v) is 24.5. The van der Waals surface area contributed by atoms with Crippen LogP contribution in [0.4, 0.5) is 10.1 Å². The summed E-state index contributed by atoms with van der Waals surface area (Å²) >= 11 is 0. The van der Waals surface area contributed by atoms with Crippen molar-refractivity contribution in [3.05, 3.63) is 53.8 Å². The molecule has 4 rings (SSSR count). The van der Waals surface area contributed by atoms with Gasteiger partial charge < -0.3 is 19.6 Å². The van der Waals surface area contributed by atoms with Crippen molar-refractivity contribution < 1.29 is 27.4 Å². The molecule has 2 N–H and O–H groups in total. The molecule has 0 spiro atoms. The number of amides is 1. The molecule has 3 atom stereocenters. The second-order valence-electron chi connectivity index (χ2n) is 11.5. The van der Waals surface area contributed by atoms with E-state index in [1.54, 1.807) is 23.1 Å². The summed E-state index contributed by atoms with van der Waals surface area (Å²) in [6.45, 7) is 5.86. The van der Waals surface area contributed by atoms with E-state index in [0.717, 1.165) is 18.7 Å². The number of carbonyl (C=O) groups excluding carboxylic acids is 1. The first-order chi connectivity index (χ1) is 19.1. The number of nitrogens with zero attached hydrogens (tertiary/aromatic N) is 2. The Balaban J connectivity index is 1.60. The first kappa shape index (κ1) is 30.3. The summed E-state index contributed by atoms with van der Waals surface area (Å²) in [4.78, 5) is 17.4. The summed E-state index contributed by atoms with van der Waals surface area (Å²) in [6.07, 6.45) is 6.17. The molecule has 1 fully saturated rings. The van der Waals surface area contributed by atoms with Crippen molar-refractivity contribution in [2.24, 2.45) is 11.8 Å². The van der Waals surface area contributed by atoms with Crippen LogP contribution in [0, 0.1) is 17.7 Å². The summed E-state index contributed by atoms with van der Waals surface area (Å²) in [5, 5.41) is 9.88. The van der Waals surface area contributed by atoms with E-state index >= 15 is 0 Å². The monoisotopic (exact) mass is 575 g/mol. The van der Waals surface area contributed by atoms with Crippen LogP contribution < -0.4 is 9.46 Å². The van der Waals surface area contributed by atoms with Gasteiger partial charge in [0.15, 0.2) is 0 Å². The number of ether oxygens (including phenoxy) is 1. The lowest BCUT2D eigenvalue weighted by atomic mass is 9.89. The SMILES string of the molecule is C[C@H](CO)N1C[C@H](C)[C@H](CN(C)CC2CCCCC2)Oc2ccc(NS(=O)(=O)c3ccc(F)cc3)cc2CC1=O. The minimum Gasteiger partial charge on any atom is -0.488 e. The average molecular weight is 576 g/mol. The molecule has 0 aromatic heterocycles. The Bertz CT molecular complexity index is 1250. The van der Waals surface area contributed by atoms with Gasteiger partial charge in [-0.2, -0.15) is 0 Å². The number of benzene rings is 2. The molecule has 0 unspecified atom stereocenters. The molecule has 2 aromatic carbocycles. The maximum Gasteiger partial charge on any atom is 0.261 e. The molecule has 0 radical (unpaired) electrons. The van der Waals surface area contributed by atoms with E-state index in [1.165, 1.54) is 44.2 Å². The summed E-state index contributed by atoms with van der Waals surface area (Å²) in [5.41, 5.74) is 0.841. The fraction of sp³-hybridized carbons (Fsp3) is 0.567. The average Bonchev–Trinajstić information content (AvgIpc) is 2.96. The topological polar surface area (TPSA) is 99.2 Å². The molecule has 1 saturated carbocycles. The van der Waals surface area contributed by atoms with Gasteiger partial charge in [-0.1, -0.05) is 26.2 Å². The van der Waals surface area contributed by atoms with Crippen molar-refractivity contribution in [2.45, 2.75) is 69.4 Å². The summed E-state index contributed by atoms with van der Waals surface area (Å²) in [7, 11) is -1.85. The molecule has 8 nitrogen and oxygen atoms in total. The van der Waals surface area contributed by atoms with Gasteiger partial charge >= 0.3 is 0 Å². The standard InChI is InChI=1S/C30H42FN3O5S/c1-21-17-34(22(2)20-35)30(36)16-24-15-26(32-40(37,38)27-12-9-25(31)10-13-27)11-14-28(24)39-29(21)19-33(3)18-23-7-5-4-6-8-23/h9-15,21-23,29,32,35H,4-8,16-20H2,1-3H3/t21-,22+,29-/m0/s1. The number of likely N-dealkylation sites (N-methyl/N-ethyl adjacent to an activating group) is 1. The molecule has 2 aromatic rings. The number of fused-ring (bicyclic) bond motifs is 1. The third-order valence-electron chi connectivity index (χ3n) is 8.08. The summed E-state index contributed by atoms with van der Waals surface area (Å²) < 4.78 is 48.3. The minimum atomic E-state index is -3.96. The van der Waals surface area contributed by atoms with Crippen LogP contribution in [0.3, 0.4) is 0 Å². The lowest BCUT2D eigenvalue weighted by Gasteiger charge is -2.35. The van der Waals surface area contributed by atoms with Gasteiger partial charge in [-0.05, 0) is 75.2 Å². The number of hydrogen-bond acceptors (Lipinski definition) is 6. The lowest BCUT2D eigenvalue weighted by molar-refractivity contribution is -0.134. The van der Waals surface area contributed by atoms with Crippen molar-refractivity contribution >= 4 is 21.6 Å². The molecule has 0 saturated heterocycles. The highest BCUT2D eigenvalue weighted by Crippen LogP contribution is 2.31. The Labute approximate surface area is 237 Å². The number of anilines is 1. The van der Waals surface area contributed by atoms with Gasteiger partial charge in [0.2, 0.25) is 5.91 Å². The van der Waals surface area contributed by atoms with E-state index < -0.39 is 15.8 Å². The first-order valence-corrected chi connectivity index (χ1v) is 15.7. The van der Waals surface area contributed by atoms with Crippen LogP contribution >= 0.6 is 0 Å². The van der Waals surface area contributed by atoms with E-state index in [1.807, 2.05) is 6.92 Å². The third-order valence-corrected chi connectivity index (χ3v) is 9.48. The van der Waals surface area contributed by atoms with Crippen LogP contribution in [0.15, 0.2) is 47.4 Å². The van der Waals surface area contributed by atoms with Crippen molar-refractivity contribution in [3.63, 3.8) is 0 Å². The van der Waals surface area contributed by atoms with Gasteiger partial charge in [-0.25, -0.2) is 12.8 Å². The Kier molecular flexibility index (Phi) is 10.1. The Morgan fingerprint density at radius 2 is 1.82 bits per heavy atom. The quantitative estimate of drug-likeness (QED) is 0.463. The lowest BCUT2D eigenvalue weighted by Crippen LogP contribution is -2.48. The fourth-order valence-electron chi connectivity index (χ4n) is 5.73. The van der Waals surface area contributed by atoms with E-state index in [2.05, 4.69) is 23.6 Å². The summed E-state index contributed by atoms with van der Waals surface area (Å²) in [5.74, 6) is 0.533. The van der Waals surface area contributed by atoms with Crippen molar-refractivity contribution in [2.75, 3.05) is 38.0 Å². The molecule has 220 valence electrons. The maximum atomic E-state index is 13.4. The van der Waals surface area contributed by atoms with Gasteiger partial charge in [0.1, 0.15) is 17.7 Å². The maximum absolute atomic E-state index is 13.4. The number of aliphatic hydroxyl groups excluding tert-OH is 1. The number of halogens is 1. The van der Waals surface area contributed by atoms with E-state index in [0.29, 0.717) is 30.3 Å². The van der Waals surface area contributed by atoms with Crippen molar-refractivity contribution in [1.82, 2.24) is 9.80 Å². The number of sulfonamides is 1. The Morgan fingerprint density at radius 1 is 1.12 bits per heavy atom. The predicted octanol–water partition coefficient (Wildman–Crippen LogP) is 4.29. The molecule has 1 aliphatic heterocycles. The largest absolute Gasteiger partial charge is 0.488 e. The fourth-order valence-corrected chi connectivity index (χ4v) is 6.78. The number of rotatable bonds is 9. The second kappa shape index (κ2) is 13.3. The second-order valence-corrected chi connectivity index (χ2v) is 13.2. The van der Waals surface area contributed by atoms with Gasteiger partial charge in [0.05, 0.1) is 24.0 Å². The van der Waals surface area contributed by atoms with Crippen LogP contribution in [0.2, 0.25) is 0 Å². The molecule has 1 heterocycles. The highest BCUT2D eigenvalue weighted by atomic mass is 32.2. The van der Waals surface area contributed by atoms with Crippen LogP contribution in [0.5, 0.6) is 5.75 Å². The normalized spacial score (nSPS) is 21.6. The highest BCUT2D eigenvalue weighted by Gasteiger charge is 2.31. The molecule has 10 heteroatoms. The number of hydrogen-bond donors (Lipinski definition) is 2. The molecular formula is C30H42FN3O5S. The van der Waals surface area contributed by atoms with Gasteiger partial charge in [-0.15, -0.1) is 0 Å². The van der Waals surface area contributed by atoms with E-state index in [-0.39, 0.29) is 47.6 Å². The van der Waals surface area contributed by atoms with Gasteiger partial charge in [0, 0.05) is 36.8 Å². The number of nitrogens with one attached hydrogen (secondary N) is 1. The minimum absolute atomic E-state index is 0.00312. The molecule has 1 aliphatic carbocycles. The Hall–Kier alpha value is -2.69. The third kappa shape index (κ3) is 7.73. The van der Waals surface area contributed by atoms with Crippen molar-refractivity contribution in [1.29, 1.82) is 0 Å². The molecule has 1 amide bonds. The van der Waals surface area contributed by atoms with Crippen LogP contribution in [-0.4, -0.2) is 74.7 Å². The van der Waals surface area contributed by atoms with Crippen molar-refractivity contribution in [3.8, 4) is 5.75 Å². The van der Waals surface area contributed by atoms with Gasteiger partial charge in [0.25, 0.3) is 10.0 Å². The van der Waals surface area contributed by atoms with Crippen LogP contribution in [-0.2, 0) is 21.2 Å². The number of aliphatic hydroxyl groups is 1. The van der Waals surface area contributed by atoms with E-state index in [4.69, 9.17) is 4.74 Å².